The molecule has 0 fully saturated rings. The summed E-state index contributed by atoms with van der Waals surface area (Å²) in [5.74, 6) is 0.316. The van der Waals surface area contributed by atoms with E-state index >= 15 is 0 Å². The van der Waals surface area contributed by atoms with Crippen LogP contribution in [0.15, 0.2) is 57.6 Å². The van der Waals surface area contributed by atoms with Crippen molar-refractivity contribution in [3.8, 4) is 5.82 Å². The van der Waals surface area contributed by atoms with Gasteiger partial charge >= 0.3 is 6.18 Å². The maximum Gasteiger partial charge on any atom is 0.416 e. The summed E-state index contributed by atoms with van der Waals surface area (Å²) in [4.78, 5) is 30.7. The lowest BCUT2D eigenvalue weighted by atomic mass is 10.1. The highest BCUT2D eigenvalue weighted by Crippen LogP contribution is 2.30. The van der Waals surface area contributed by atoms with Crippen LogP contribution in [0.25, 0.3) is 11.3 Å². The molecule has 0 saturated carbocycles. The zero-order valence-electron chi connectivity index (χ0n) is 16.7. The molecule has 0 aliphatic carbocycles. The van der Waals surface area contributed by atoms with Gasteiger partial charge in [0.15, 0.2) is 16.5 Å². The largest absolute Gasteiger partial charge is 0.416 e. The molecule has 0 spiro atoms. The molecule has 3 heterocycles. The van der Waals surface area contributed by atoms with Gasteiger partial charge in [-0.3, -0.25) is 9.59 Å². The van der Waals surface area contributed by atoms with E-state index in [1.807, 2.05) is 13.8 Å². The zero-order chi connectivity index (χ0) is 23.5. The number of halogens is 4. The van der Waals surface area contributed by atoms with Crippen LogP contribution in [-0.4, -0.2) is 29.4 Å². The monoisotopic (exact) mass is 484 g/mol. The Morgan fingerprint density at radius 3 is 2.41 bits per heavy atom. The van der Waals surface area contributed by atoms with Crippen LogP contribution in [0.2, 0.25) is 5.02 Å². The Morgan fingerprint density at radius 1 is 1.12 bits per heavy atom. The van der Waals surface area contributed by atoms with Crippen LogP contribution in [0.5, 0.6) is 0 Å². The van der Waals surface area contributed by atoms with Crippen molar-refractivity contribution in [1.82, 2.24) is 29.4 Å². The fraction of sp³-hybridized carbons (Fsp3) is 0.211. The van der Waals surface area contributed by atoms with Gasteiger partial charge in [-0.25, -0.2) is 9.55 Å². The molecule has 0 radical (unpaired) electrons. The van der Waals surface area contributed by atoms with Crippen LogP contribution in [-0.2, 0) is 11.9 Å². The van der Waals surface area contributed by atoms with Crippen LogP contribution in [0, 0.1) is 0 Å². The number of rotatable bonds is 4. The van der Waals surface area contributed by atoms with E-state index in [1.54, 1.807) is 0 Å². The molecule has 0 saturated heterocycles. The zero-order valence-corrected chi connectivity index (χ0v) is 18.3. The van der Waals surface area contributed by atoms with Crippen molar-refractivity contribution in [2.75, 3.05) is 0 Å². The number of nitrogens with one attached hydrogen (secondary N) is 1. The molecule has 1 N–H and O–H groups in total. The van der Waals surface area contributed by atoms with Crippen molar-refractivity contribution in [3.05, 3.63) is 79.7 Å². The molecule has 0 bridgehead atoms. The highest BCUT2D eigenvalue weighted by Gasteiger charge is 2.30. The summed E-state index contributed by atoms with van der Waals surface area (Å²) < 4.78 is 40.4. The van der Waals surface area contributed by atoms with Crippen molar-refractivity contribution in [2.45, 2.75) is 30.9 Å². The summed E-state index contributed by atoms with van der Waals surface area (Å²) in [6.07, 6.45) is -0.906. The molecule has 0 unspecified atom stereocenters. The molecule has 8 nitrogen and oxygen atoms in total. The maximum absolute atomic E-state index is 13.0. The van der Waals surface area contributed by atoms with Gasteiger partial charge in [0.25, 0.3) is 11.1 Å². The Bertz CT molecular complexity index is 1330. The molecule has 3 aromatic heterocycles. The molecule has 0 aliphatic heterocycles. The lowest BCUT2D eigenvalue weighted by molar-refractivity contribution is -0.137. The highest BCUT2D eigenvalue weighted by molar-refractivity contribution is 7.98. The van der Waals surface area contributed by atoms with E-state index in [1.165, 1.54) is 24.5 Å². The smallest absolute Gasteiger partial charge is 0.324 e. The quantitative estimate of drug-likeness (QED) is 0.440. The number of alkyl halides is 3. The average Bonchev–Trinajstić information content (AvgIpc) is 3.15. The SMILES string of the molecule is CC.O=c1cnc(-n2c(SCc3ccc(C(F)(F)F)cc3)nn3ncc(Cl)c3c2=O)c[nH]1. The van der Waals surface area contributed by atoms with Gasteiger partial charge in [-0.2, -0.15) is 18.3 Å². The number of H-pyrrole nitrogens is 1. The van der Waals surface area contributed by atoms with E-state index in [0.717, 1.165) is 39.3 Å². The second-order valence-corrected chi connectivity index (χ2v) is 7.36. The molecule has 168 valence electrons. The van der Waals surface area contributed by atoms with Crippen LogP contribution in [0.3, 0.4) is 0 Å². The number of thioether (sulfide) groups is 1. The number of aromatic nitrogens is 6. The average molecular weight is 485 g/mol. The first-order chi connectivity index (χ1) is 15.2. The Hall–Kier alpha value is -3.12. The van der Waals surface area contributed by atoms with Crippen molar-refractivity contribution < 1.29 is 13.2 Å². The van der Waals surface area contributed by atoms with Gasteiger partial charge in [0, 0.05) is 11.9 Å². The second kappa shape index (κ2) is 9.57. The Kier molecular flexibility index (Phi) is 7.04. The van der Waals surface area contributed by atoms with E-state index in [-0.39, 0.29) is 27.3 Å². The fourth-order valence-electron chi connectivity index (χ4n) is 2.59. The minimum absolute atomic E-state index is 0.0172. The van der Waals surface area contributed by atoms with Crippen LogP contribution in [0.4, 0.5) is 13.2 Å². The van der Waals surface area contributed by atoms with Gasteiger partial charge in [-0.15, -0.1) is 9.73 Å². The van der Waals surface area contributed by atoms with Gasteiger partial charge in [0.1, 0.15) is 0 Å². The first-order valence-electron chi connectivity index (χ1n) is 9.24. The molecule has 0 aliphatic rings. The molecule has 4 aromatic rings. The van der Waals surface area contributed by atoms with Gasteiger partial charge in [-0.05, 0) is 17.7 Å². The molecular formula is C19H16ClF3N6O2S. The number of fused-ring (bicyclic) bond motifs is 1. The first kappa shape index (κ1) is 23.5. The number of benzene rings is 1. The number of nitrogens with zero attached hydrogens (tertiary/aromatic N) is 5. The third kappa shape index (κ3) is 4.86. The maximum atomic E-state index is 13.0. The number of hydrogen-bond acceptors (Lipinski definition) is 6. The lowest BCUT2D eigenvalue weighted by Crippen LogP contribution is -2.26. The predicted octanol–water partition coefficient (Wildman–Crippen LogP) is 3.95. The Morgan fingerprint density at radius 2 is 1.81 bits per heavy atom. The summed E-state index contributed by atoms with van der Waals surface area (Å²) in [6.45, 7) is 4.00. The van der Waals surface area contributed by atoms with Crippen LogP contribution < -0.4 is 11.1 Å². The molecule has 0 atom stereocenters. The Balaban J connectivity index is 0.00000141. The standard InChI is InChI=1S/C17H10ClF3N6O2S.C2H6/c18-11-5-24-27-14(11)15(29)26(12-6-23-13(28)7-22-12)16(25-27)30-8-9-1-3-10(4-2-9)17(19,20)21;1-2/h1-7H,8H2,(H,23,28);1-2H3. The Labute approximate surface area is 188 Å². The van der Waals surface area contributed by atoms with Gasteiger partial charge < -0.3 is 4.98 Å². The first-order valence-corrected chi connectivity index (χ1v) is 10.6. The molecule has 13 heteroatoms. The lowest BCUT2D eigenvalue weighted by Gasteiger charge is -2.11. The molecule has 4 rings (SSSR count). The predicted molar refractivity (Wildman–Crippen MR) is 114 cm³/mol. The fourth-order valence-corrected chi connectivity index (χ4v) is 3.72. The summed E-state index contributed by atoms with van der Waals surface area (Å²) in [5, 5.41) is 8.44. The highest BCUT2D eigenvalue weighted by atomic mass is 35.5. The van der Waals surface area contributed by atoms with E-state index < -0.39 is 22.9 Å². The van der Waals surface area contributed by atoms with E-state index in [0.29, 0.717) is 5.56 Å². The van der Waals surface area contributed by atoms with Crippen molar-refractivity contribution >= 4 is 28.9 Å². The number of aromatic amines is 1. The third-order valence-corrected chi connectivity index (χ3v) is 5.30. The van der Waals surface area contributed by atoms with E-state index in [4.69, 9.17) is 11.6 Å². The summed E-state index contributed by atoms with van der Waals surface area (Å²) in [6, 6.07) is 4.66. The van der Waals surface area contributed by atoms with Crippen molar-refractivity contribution in [2.24, 2.45) is 0 Å². The minimum atomic E-state index is -4.42. The molecular weight excluding hydrogens is 469 g/mol. The summed E-state index contributed by atoms with van der Waals surface area (Å²) in [7, 11) is 0. The van der Waals surface area contributed by atoms with Crippen LogP contribution in [0.1, 0.15) is 25.0 Å². The second-order valence-electron chi connectivity index (χ2n) is 6.01. The van der Waals surface area contributed by atoms with Gasteiger partial charge in [-0.1, -0.05) is 49.3 Å². The summed E-state index contributed by atoms with van der Waals surface area (Å²) in [5.41, 5.74) is -1.18. The summed E-state index contributed by atoms with van der Waals surface area (Å²) >= 11 is 7.11. The molecule has 32 heavy (non-hydrogen) atoms. The topological polar surface area (TPSA) is 97.9 Å². The molecule has 0 amide bonds. The van der Waals surface area contributed by atoms with Crippen LogP contribution >= 0.6 is 23.4 Å². The molecule has 1 aromatic carbocycles. The van der Waals surface area contributed by atoms with Gasteiger partial charge in [0.2, 0.25) is 0 Å². The number of hydrogen-bond donors (Lipinski definition) is 1. The third-order valence-electron chi connectivity index (χ3n) is 4.02. The van der Waals surface area contributed by atoms with E-state index in [2.05, 4.69) is 20.2 Å². The normalized spacial score (nSPS) is 11.3. The van der Waals surface area contributed by atoms with E-state index in [9.17, 15) is 22.8 Å². The van der Waals surface area contributed by atoms with Gasteiger partial charge in [0.05, 0.1) is 23.0 Å². The minimum Gasteiger partial charge on any atom is -0.324 e. The van der Waals surface area contributed by atoms with Crippen molar-refractivity contribution in [3.63, 3.8) is 0 Å². The van der Waals surface area contributed by atoms with Crippen molar-refractivity contribution in [1.29, 1.82) is 0 Å².